The van der Waals surface area contributed by atoms with Crippen molar-refractivity contribution in [1.82, 2.24) is 4.57 Å². The van der Waals surface area contributed by atoms with E-state index in [0.717, 1.165) is 0 Å². The van der Waals surface area contributed by atoms with E-state index in [9.17, 15) is 14.4 Å². The molecule has 0 unspecified atom stereocenters. The second-order valence-electron chi connectivity index (χ2n) is 4.62. The second kappa shape index (κ2) is 12.1. The minimum absolute atomic E-state index is 0.155. The van der Waals surface area contributed by atoms with Crippen LogP contribution in [0.2, 0.25) is 0 Å². The number of fused-ring (bicyclic) bond motifs is 1. The third kappa shape index (κ3) is 6.47. The molecule has 0 saturated carbocycles. The van der Waals surface area contributed by atoms with Crippen molar-refractivity contribution in [3.63, 3.8) is 0 Å². The fraction of sp³-hybridized carbons (Fsp3) is 0.250. The minimum Gasteiger partial charge on any atom is -0.478 e. The summed E-state index contributed by atoms with van der Waals surface area (Å²) < 4.78 is 5.78. The molecule has 0 saturated heterocycles. The maximum absolute atomic E-state index is 11.2. The number of aromatic nitrogens is 1. The Bertz CT molecular complexity index is 974. The number of carboxylic acids is 1. The predicted molar refractivity (Wildman–Crippen MR) is 108 cm³/mol. The molecule has 1 heterocycles. The van der Waals surface area contributed by atoms with Crippen molar-refractivity contribution in [2.24, 2.45) is 7.05 Å². The largest absolute Gasteiger partial charge is 0.478 e. The van der Waals surface area contributed by atoms with Crippen LogP contribution >= 0.6 is 0 Å². The summed E-state index contributed by atoms with van der Waals surface area (Å²) in [6.45, 7) is 8.00. The predicted octanol–water partition coefficient (Wildman–Crippen LogP) is 3.51. The molecular weight excluding hydrogens is 348 g/mol. The van der Waals surface area contributed by atoms with Crippen LogP contribution in [0, 0.1) is 0 Å². The molecule has 146 valence electrons. The number of rotatable bonds is 1. The average Bonchev–Trinajstić information content (AvgIpc) is 2.70. The molecule has 0 aliphatic heterocycles. The zero-order valence-corrected chi connectivity index (χ0v) is 16.2. The van der Waals surface area contributed by atoms with Crippen LogP contribution in [0.5, 0.6) is 0 Å². The van der Waals surface area contributed by atoms with Crippen LogP contribution in [-0.2, 0) is 7.05 Å². The Labute approximate surface area is 157 Å². The van der Waals surface area contributed by atoms with Crippen molar-refractivity contribution >= 4 is 22.6 Å². The Balaban J connectivity index is 0.000000434. The van der Waals surface area contributed by atoms with Crippen LogP contribution in [0.15, 0.2) is 62.5 Å². The lowest BCUT2D eigenvalue weighted by atomic mass is 10.2. The van der Waals surface area contributed by atoms with Crippen molar-refractivity contribution < 1.29 is 14.3 Å². The van der Waals surface area contributed by atoms with Crippen molar-refractivity contribution in [2.45, 2.75) is 27.7 Å². The number of hydrogen-bond acceptors (Lipinski definition) is 5. The first-order chi connectivity index (χ1) is 12.9. The molecule has 27 heavy (non-hydrogen) atoms. The number of carboxylic acid groups (broad SMARTS) is 1. The Kier molecular flexibility index (Phi) is 10.6. The molecule has 0 radical (unpaired) electrons. The summed E-state index contributed by atoms with van der Waals surface area (Å²) in [6.07, 6.45) is 0. The van der Waals surface area contributed by atoms with E-state index in [1.54, 1.807) is 49.5 Å². The van der Waals surface area contributed by atoms with E-state index in [1.165, 1.54) is 10.6 Å². The molecule has 1 aromatic heterocycles. The lowest BCUT2D eigenvalue weighted by molar-refractivity contribution is 0.0698. The van der Waals surface area contributed by atoms with Crippen molar-refractivity contribution in [2.75, 3.05) is 5.73 Å². The van der Waals surface area contributed by atoms with E-state index < -0.39 is 17.4 Å². The summed E-state index contributed by atoms with van der Waals surface area (Å²) in [5.74, 6) is -1.62. The molecule has 3 aromatic rings. The van der Waals surface area contributed by atoms with Gasteiger partial charge in [0.25, 0.3) is 0 Å². The van der Waals surface area contributed by atoms with Crippen molar-refractivity contribution in [3.8, 4) is 0 Å². The van der Waals surface area contributed by atoms with Gasteiger partial charge in [0.05, 0.1) is 16.5 Å². The number of nitrogens with zero attached hydrogens (tertiary/aromatic N) is 1. The zero-order valence-electron chi connectivity index (χ0n) is 16.2. The van der Waals surface area contributed by atoms with E-state index in [0.29, 0.717) is 16.6 Å². The molecule has 7 heteroatoms. The highest BCUT2D eigenvalue weighted by Crippen LogP contribution is 2.09. The van der Waals surface area contributed by atoms with Crippen LogP contribution in [0.4, 0.5) is 5.69 Å². The van der Waals surface area contributed by atoms with E-state index >= 15 is 0 Å². The number of benzene rings is 2. The summed E-state index contributed by atoms with van der Waals surface area (Å²) in [7, 11) is 1.56. The monoisotopic (exact) mass is 374 g/mol. The molecule has 0 fully saturated rings. The van der Waals surface area contributed by atoms with Crippen molar-refractivity contribution in [1.29, 1.82) is 0 Å². The lowest BCUT2D eigenvalue weighted by Gasteiger charge is -1.99. The number of hydrogen-bond donors (Lipinski definition) is 2. The van der Waals surface area contributed by atoms with Crippen LogP contribution < -0.4 is 17.1 Å². The molecule has 0 spiro atoms. The number of nitrogen functional groups attached to an aromatic ring is 1. The molecule has 3 N–H and O–H groups in total. The number of carbonyl (C=O) groups is 1. The van der Waals surface area contributed by atoms with Gasteiger partial charge in [-0.3, -0.25) is 4.57 Å². The average molecular weight is 374 g/mol. The highest BCUT2D eigenvalue weighted by Gasteiger charge is 2.04. The third-order valence-electron chi connectivity index (χ3n) is 3.13. The summed E-state index contributed by atoms with van der Waals surface area (Å²) in [4.78, 5) is 32.6. The zero-order chi connectivity index (χ0) is 21.0. The Morgan fingerprint density at radius 1 is 0.963 bits per heavy atom. The van der Waals surface area contributed by atoms with Gasteiger partial charge in [-0.05, 0) is 24.3 Å². The quantitative estimate of drug-likeness (QED) is 0.630. The molecule has 2 aromatic carbocycles. The number of anilines is 1. The van der Waals surface area contributed by atoms with Gasteiger partial charge >= 0.3 is 17.4 Å². The van der Waals surface area contributed by atoms with Gasteiger partial charge in [0.2, 0.25) is 0 Å². The summed E-state index contributed by atoms with van der Waals surface area (Å²) in [5.41, 5.74) is 5.80. The first kappa shape index (κ1) is 23.7. The molecule has 0 bridgehead atoms. The number of aryl methyl sites for hydroxylation is 1. The fourth-order valence-corrected chi connectivity index (χ4v) is 1.93. The van der Waals surface area contributed by atoms with E-state index in [4.69, 9.17) is 10.8 Å². The minimum atomic E-state index is -0.988. The number of para-hydroxylation sites is 2. The van der Waals surface area contributed by atoms with Gasteiger partial charge in [0, 0.05) is 12.7 Å². The van der Waals surface area contributed by atoms with Gasteiger partial charge in [0.15, 0.2) is 0 Å². The molecular formula is C20H26N2O5. The lowest BCUT2D eigenvalue weighted by Crippen LogP contribution is -2.22. The van der Waals surface area contributed by atoms with Gasteiger partial charge in [0.1, 0.15) is 0 Å². The van der Waals surface area contributed by atoms with Crippen LogP contribution in [0.1, 0.15) is 38.1 Å². The SMILES string of the molecule is CC.CC.Cn1c(=O)oc(=O)c2ccccc21.Nc1ccccc1C(=O)O. The van der Waals surface area contributed by atoms with E-state index in [-0.39, 0.29) is 5.56 Å². The highest BCUT2D eigenvalue weighted by molar-refractivity contribution is 5.93. The second-order valence-corrected chi connectivity index (χ2v) is 4.62. The summed E-state index contributed by atoms with van der Waals surface area (Å²) in [6, 6.07) is 13.2. The molecule has 7 nitrogen and oxygen atoms in total. The molecule has 0 amide bonds. The normalized spacial score (nSPS) is 8.93. The van der Waals surface area contributed by atoms with Gasteiger partial charge in [-0.25, -0.2) is 14.4 Å². The maximum Gasteiger partial charge on any atom is 0.422 e. The Hall–Kier alpha value is -3.35. The van der Waals surface area contributed by atoms with E-state index in [2.05, 4.69) is 4.42 Å². The van der Waals surface area contributed by atoms with Crippen LogP contribution in [0.3, 0.4) is 0 Å². The topological polar surface area (TPSA) is 116 Å². The first-order valence-corrected chi connectivity index (χ1v) is 8.58. The van der Waals surface area contributed by atoms with Gasteiger partial charge < -0.3 is 15.3 Å². The highest BCUT2D eigenvalue weighted by atomic mass is 16.4. The summed E-state index contributed by atoms with van der Waals surface area (Å²) in [5, 5.41) is 8.91. The molecule has 3 rings (SSSR count). The molecule has 0 aliphatic carbocycles. The summed E-state index contributed by atoms with van der Waals surface area (Å²) >= 11 is 0. The van der Waals surface area contributed by atoms with Crippen LogP contribution in [-0.4, -0.2) is 15.6 Å². The number of nitrogens with two attached hydrogens (primary N) is 1. The first-order valence-electron chi connectivity index (χ1n) is 8.58. The van der Waals surface area contributed by atoms with Crippen molar-refractivity contribution in [3.05, 3.63) is 75.1 Å². The van der Waals surface area contributed by atoms with E-state index in [1.807, 2.05) is 27.7 Å². The fourth-order valence-electron chi connectivity index (χ4n) is 1.93. The van der Waals surface area contributed by atoms with Gasteiger partial charge in [-0.2, -0.15) is 0 Å². The number of aromatic carboxylic acids is 1. The standard InChI is InChI=1S/C9H7NO3.C7H7NO2.2C2H6/c1-10-7-5-3-2-4-6(7)8(11)13-9(10)12;8-6-4-2-1-3-5(6)7(9)10;2*1-2/h2-5H,1H3;1-4H,8H2,(H,9,10);2*1-2H3. The van der Waals surface area contributed by atoms with Gasteiger partial charge in [-0.1, -0.05) is 52.0 Å². The Morgan fingerprint density at radius 3 is 2.00 bits per heavy atom. The molecule has 0 aliphatic rings. The maximum atomic E-state index is 11.2. The van der Waals surface area contributed by atoms with Gasteiger partial charge in [-0.15, -0.1) is 0 Å². The molecule has 0 atom stereocenters. The third-order valence-corrected chi connectivity index (χ3v) is 3.13. The van der Waals surface area contributed by atoms with Crippen LogP contribution in [0.25, 0.3) is 10.9 Å². The smallest absolute Gasteiger partial charge is 0.422 e. The Morgan fingerprint density at radius 2 is 1.48 bits per heavy atom.